The van der Waals surface area contributed by atoms with E-state index in [-0.39, 0.29) is 17.8 Å². The van der Waals surface area contributed by atoms with Crippen LogP contribution in [0.5, 0.6) is 0 Å². The van der Waals surface area contributed by atoms with Crippen LogP contribution < -0.4 is 11.1 Å². The Morgan fingerprint density at radius 2 is 2.00 bits per heavy atom. The molecular formula is C14H20BrFN2O. The van der Waals surface area contributed by atoms with Gasteiger partial charge in [-0.05, 0) is 34.8 Å². The van der Waals surface area contributed by atoms with Gasteiger partial charge in [0.15, 0.2) is 0 Å². The molecule has 0 spiro atoms. The van der Waals surface area contributed by atoms with E-state index in [1.807, 2.05) is 0 Å². The van der Waals surface area contributed by atoms with Gasteiger partial charge in [-0.3, -0.25) is 0 Å². The molecule has 0 bridgehead atoms. The number of benzene rings is 1. The Kier molecular flexibility index (Phi) is 4.68. The minimum absolute atomic E-state index is 0.0639. The highest BCUT2D eigenvalue weighted by molar-refractivity contribution is 9.10. The van der Waals surface area contributed by atoms with Crippen molar-refractivity contribution in [1.29, 1.82) is 0 Å². The van der Waals surface area contributed by atoms with Crippen LogP contribution in [0.4, 0.5) is 15.8 Å². The van der Waals surface area contributed by atoms with Gasteiger partial charge in [0, 0.05) is 18.0 Å². The van der Waals surface area contributed by atoms with E-state index in [2.05, 4.69) is 21.2 Å². The zero-order valence-corrected chi connectivity index (χ0v) is 12.5. The maximum absolute atomic E-state index is 13.3. The van der Waals surface area contributed by atoms with Gasteiger partial charge in [-0.25, -0.2) is 4.39 Å². The molecule has 2 rings (SSSR count). The summed E-state index contributed by atoms with van der Waals surface area (Å²) in [6.45, 7) is 0.855. The first kappa shape index (κ1) is 14.6. The number of hydrogen-bond acceptors (Lipinski definition) is 3. The summed E-state index contributed by atoms with van der Waals surface area (Å²) in [7, 11) is 0. The van der Waals surface area contributed by atoms with Gasteiger partial charge in [-0.2, -0.15) is 0 Å². The first-order valence-electron chi connectivity index (χ1n) is 6.66. The molecule has 5 heteroatoms. The van der Waals surface area contributed by atoms with Crippen LogP contribution in [0.1, 0.15) is 32.1 Å². The largest absolute Gasteiger partial charge is 0.397 e. The molecular weight excluding hydrogens is 311 g/mol. The molecule has 0 aliphatic heterocycles. The van der Waals surface area contributed by atoms with Crippen molar-refractivity contribution in [3.8, 4) is 0 Å². The molecule has 1 aliphatic carbocycles. The monoisotopic (exact) mass is 330 g/mol. The first-order chi connectivity index (χ1) is 9.06. The zero-order valence-electron chi connectivity index (χ0n) is 10.9. The minimum Gasteiger partial charge on any atom is -0.397 e. The summed E-state index contributed by atoms with van der Waals surface area (Å²) in [6.07, 6.45) is 5.61. The molecule has 3 nitrogen and oxygen atoms in total. The van der Waals surface area contributed by atoms with Crippen molar-refractivity contribution >= 4 is 27.3 Å². The van der Waals surface area contributed by atoms with E-state index in [0.717, 1.165) is 25.7 Å². The van der Waals surface area contributed by atoms with Crippen molar-refractivity contribution in [1.82, 2.24) is 0 Å². The Labute approximate surface area is 121 Å². The highest BCUT2D eigenvalue weighted by Gasteiger charge is 2.31. The normalized spacial score (nSPS) is 18.3. The smallest absolute Gasteiger partial charge is 0.139 e. The second kappa shape index (κ2) is 6.09. The number of nitrogen functional groups attached to an aromatic ring is 1. The Bertz CT molecular complexity index is 447. The van der Waals surface area contributed by atoms with Crippen molar-refractivity contribution in [3.05, 3.63) is 22.4 Å². The maximum Gasteiger partial charge on any atom is 0.139 e. The van der Waals surface area contributed by atoms with Crippen LogP contribution in [-0.4, -0.2) is 18.3 Å². The average Bonchev–Trinajstić information content (AvgIpc) is 2.42. The van der Waals surface area contributed by atoms with Crippen LogP contribution >= 0.6 is 15.9 Å². The van der Waals surface area contributed by atoms with Crippen LogP contribution in [0.2, 0.25) is 0 Å². The molecule has 1 aromatic carbocycles. The molecule has 0 aromatic heterocycles. The SMILES string of the molecule is Nc1cc(F)c(Br)cc1NCC1(CO)CCCCC1. The van der Waals surface area contributed by atoms with E-state index in [4.69, 9.17) is 5.73 Å². The Morgan fingerprint density at radius 3 is 2.63 bits per heavy atom. The average molecular weight is 331 g/mol. The zero-order chi connectivity index (χ0) is 13.9. The van der Waals surface area contributed by atoms with Gasteiger partial charge in [-0.15, -0.1) is 0 Å². The van der Waals surface area contributed by atoms with Gasteiger partial charge in [0.25, 0.3) is 0 Å². The van der Waals surface area contributed by atoms with Gasteiger partial charge < -0.3 is 16.2 Å². The fraction of sp³-hybridized carbons (Fsp3) is 0.571. The van der Waals surface area contributed by atoms with Gasteiger partial charge in [0.1, 0.15) is 5.82 Å². The molecule has 0 saturated heterocycles. The highest BCUT2D eigenvalue weighted by Crippen LogP contribution is 2.37. The van der Waals surface area contributed by atoms with Crippen molar-refractivity contribution in [2.45, 2.75) is 32.1 Å². The maximum atomic E-state index is 13.3. The summed E-state index contributed by atoms with van der Waals surface area (Å²) in [4.78, 5) is 0. The molecule has 1 aromatic rings. The number of aliphatic hydroxyl groups is 1. The second-order valence-electron chi connectivity index (χ2n) is 5.43. The minimum atomic E-state index is -0.363. The fourth-order valence-corrected chi connectivity index (χ4v) is 3.03. The molecule has 0 heterocycles. The Morgan fingerprint density at radius 1 is 1.32 bits per heavy atom. The van der Waals surface area contributed by atoms with Gasteiger partial charge in [-0.1, -0.05) is 19.3 Å². The van der Waals surface area contributed by atoms with Gasteiger partial charge in [0.05, 0.1) is 22.5 Å². The Hall–Kier alpha value is -0.810. The lowest BCUT2D eigenvalue weighted by atomic mass is 9.74. The predicted octanol–water partition coefficient (Wildman–Crippen LogP) is 3.53. The lowest BCUT2D eigenvalue weighted by Crippen LogP contribution is -2.35. The Balaban J connectivity index is 2.07. The molecule has 19 heavy (non-hydrogen) atoms. The van der Waals surface area contributed by atoms with Crippen LogP contribution in [0.3, 0.4) is 0 Å². The van der Waals surface area contributed by atoms with Crippen molar-refractivity contribution in [3.63, 3.8) is 0 Å². The summed E-state index contributed by atoms with van der Waals surface area (Å²) in [5.74, 6) is -0.363. The lowest BCUT2D eigenvalue weighted by molar-refractivity contribution is 0.0944. The van der Waals surface area contributed by atoms with Crippen LogP contribution in [0, 0.1) is 11.2 Å². The van der Waals surface area contributed by atoms with E-state index < -0.39 is 0 Å². The van der Waals surface area contributed by atoms with Crippen LogP contribution in [0.25, 0.3) is 0 Å². The number of rotatable bonds is 4. The number of nitrogens with two attached hydrogens (primary N) is 1. The van der Waals surface area contributed by atoms with Gasteiger partial charge >= 0.3 is 0 Å². The van der Waals surface area contributed by atoms with E-state index in [1.165, 1.54) is 12.5 Å². The molecule has 1 saturated carbocycles. The second-order valence-corrected chi connectivity index (χ2v) is 6.28. The van der Waals surface area contributed by atoms with Crippen LogP contribution in [0.15, 0.2) is 16.6 Å². The van der Waals surface area contributed by atoms with E-state index in [9.17, 15) is 9.50 Å². The van der Waals surface area contributed by atoms with E-state index >= 15 is 0 Å². The standard InChI is InChI=1S/C14H20BrFN2O/c15-10-6-13(12(17)7-11(10)16)18-8-14(9-19)4-2-1-3-5-14/h6-7,18-19H,1-5,8-9,17H2. The summed E-state index contributed by atoms with van der Waals surface area (Å²) in [5, 5.41) is 12.9. The third kappa shape index (κ3) is 3.39. The predicted molar refractivity (Wildman–Crippen MR) is 79.6 cm³/mol. The number of nitrogens with one attached hydrogen (secondary N) is 1. The van der Waals surface area contributed by atoms with Crippen molar-refractivity contribution in [2.75, 3.05) is 24.2 Å². The number of anilines is 2. The third-order valence-corrected chi connectivity index (χ3v) is 4.60. The molecule has 4 N–H and O–H groups in total. The molecule has 1 aliphatic rings. The van der Waals surface area contributed by atoms with Crippen LogP contribution in [-0.2, 0) is 0 Å². The first-order valence-corrected chi connectivity index (χ1v) is 7.45. The number of aliphatic hydroxyl groups excluding tert-OH is 1. The van der Waals surface area contributed by atoms with Crippen molar-refractivity contribution in [2.24, 2.45) is 5.41 Å². The molecule has 0 unspecified atom stereocenters. The molecule has 0 radical (unpaired) electrons. The van der Waals surface area contributed by atoms with E-state index in [0.29, 0.717) is 22.4 Å². The number of hydrogen-bond donors (Lipinski definition) is 3. The molecule has 0 atom stereocenters. The van der Waals surface area contributed by atoms with E-state index in [1.54, 1.807) is 6.07 Å². The lowest BCUT2D eigenvalue weighted by Gasteiger charge is -2.36. The quantitative estimate of drug-likeness (QED) is 0.740. The molecule has 0 amide bonds. The van der Waals surface area contributed by atoms with Crippen molar-refractivity contribution < 1.29 is 9.50 Å². The highest BCUT2D eigenvalue weighted by atomic mass is 79.9. The summed E-state index contributed by atoms with van der Waals surface area (Å²) in [5.41, 5.74) is 6.85. The number of halogens is 2. The topological polar surface area (TPSA) is 58.3 Å². The molecule has 1 fully saturated rings. The summed E-state index contributed by atoms with van der Waals surface area (Å²) < 4.78 is 13.7. The van der Waals surface area contributed by atoms with Gasteiger partial charge in [0.2, 0.25) is 0 Å². The fourth-order valence-electron chi connectivity index (χ4n) is 2.69. The molecule has 106 valence electrons. The summed E-state index contributed by atoms with van der Waals surface area (Å²) in [6, 6.07) is 2.96. The summed E-state index contributed by atoms with van der Waals surface area (Å²) >= 11 is 3.16. The third-order valence-electron chi connectivity index (χ3n) is 4.00.